The minimum absolute atomic E-state index is 0.0318. The molecule has 2 saturated heterocycles. The summed E-state index contributed by atoms with van der Waals surface area (Å²) in [5.74, 6) is -0.237. The van der Waals surface area contributed by atoms with Crippen LogP contribution in [0.4, 0.5) is 4.79 Å². The second kappa shape index (κ2) is 11.7. The standard InChI is InChI=1S/C31H34N6O4S/c1-33(2)31(41)37-27-18-34(17-23-9-6-10-26-29(23)32-20-42-26)30(40)25(15-21-11-13-24(38)14-12-21)36(27)28(39)19-35(37)16-22-7-4-3-5-8-22/h3-14,20,25-27,29,38H,15-19H2,1-2H3. The average molecular weight is 587 g/mol. The van der Waals surface area contributed by atoms with Crippen molar-refractivity contribution in [3.8, 4) is 5.75 Å². The van der Waals surface area contributed by atoms with Gasteiger partial charge in [0.25, 0.3) is 0 Å². The first kappa shape index (κ1) is 28.0. The van der Waals surface area contributed by atoms with Gasteiger partial charge in [-0.05, 0) is 28.8 Å². The van der Waals surface area contributed by atoms with Gasteiger partial charge >= 0.3 is 6.03 Å². The molecule has 42 heavy (non-hydrogen) atoms. The van der Waals surface area contributed by atoms with Gasteiger partial charge in [-0.15, -0.1) is 11.8 Å². The fourth-order valence-electron chi connectivity index (χ4n) is 6.05. The maximum atomic E-state index is 14.2. The van der Waals surface area contributed by atoms with Crippen LogP contribution in [-0.4, -0.2) is 110 Å². The van der Waals surface area contributed by atoms with Gasteiger partial charge in [0.15, 0.2) is 0 Å². The zero-order chi connectivity index (χ0) is 29.4. The third-order valence-corrected chi connectivity index (χ3v) is 9.07. The van der Waals surface area contributed by atoms with E-state index in [0.717, 1.165) is 16.7 Å². The maximum Gasteiger partial charge on any atom is 0.336 e. The van der Waals surface area contributed by atoms with Gasteiger partial charge in [0.05, 0.1) is 29.9 Å². The molecule has 11 heteroatoms. The van der Waals surface area contributed by atoms with Crippen molar-refractivity contribution >= 4 is 35.2 Å². The van der Waals surface area contributed by atoms with E-state index in [1.807, 2.05) is 48.0 Å². The molecular weight excluding hydrogens is 552 g/mol. The summed E-state index contributed by atoms with van der Waals surface area (Å²) in [5.41, 5.74) is 4.68. The lowest BCUT2D eigenvalue weighted by atomic mass is 9.95. The van der Waals surface area contributed by atoms with E-state index in [1.54, 1.807) is 69.9 Å². The van der Waals surface area contributed by atoms with Crippen LogP contribution in [0.2, 0.25) is 0 Å². The summed E-state index contributed by atoms with van der Waals surface area (Å²) < 4.78 is 0. The van der Waals surface area contributed by atoms with Crippen molar-refractivity contribution in [2.75, 3.05) is 33.7 Å². The number of carbonyl (C=O) groups excluding carboxylic acids is 3. The summed E-state index contributed by atoms with van der Waals surface area (Å²) in [7, 11) is 3.39. The lowest BCUT2D eigenvalue weighted by Crippen LogP contribution is -2.76. The molecule has 2 aromatic rings. The van der Waals surface area contributed by atoms with Crippen LogP contribution in [0.15, 0.2) is 83.4 Å². The van der Waals surface area contributed by atoms with Crippen LogP contribution in [0.25, 0.3) is 0 Å². The van der Waals surface area contributed by atoms with Gasteiger partial charge in [-0.3, -0.25) is 14.6 Å². The molecule has 4 atom stereocenters. The number of thioether (sulfide) groups is 1. The van der Waals surface area contributed by atoms with E-state index in [4.69, 9.17) is 0 Å². The SMILES string of the molecule is CN(C)C(=O)N1C2CN(CC3=CC=CC4SC=NC34)C(=O)C(Cc3ccc(O)cc3)N2C(=O)CN1Cc1ccccc1. The summed E-state index contributed by atoms with van der Waals surface area (Å²) in [4.78, 5) is 51.4. The summed E-state index contributed by atoms with van der Waals surface area (Å²) in [5, 5.41) is 13.5. The number of aromatic hydroxyl groups is 1. The van der Waals surface area contributed by atoms with Crippen LogP contribution in [-0.2, 0) is 22.6 Å². The molecule has 1 N–H and O–H groups in total. The Morgan fingerprint density at radius 1 is 1.05 bits per heavy atom. The van der Waals surface area contributed by atoms with Crippen molar-refractivity contribution in [2.45, 2.75) is 36.5 Å². The number of benzene rings is 2. The van der Waals surface area contributed by atoms with Crippen LogP contribution in [0, 0.1) is 0 Å². The number of nitrogens with zero attached hydrogens (tertiary/aromatic N) is 6. The molecule has 2 fully saturated rings. The van der Waals surface area contributed by atoms with E-state index < -0.39 is 12.2 Å². The van der Waals surface area contributed by atoms with Gasteiger partial charge in [-0.2, -0.15) is 0 Å². The van der Waals surface area contributed by atoms with Gasteiger partial charge in [0.1, 0.15) is 18.0 Å². The lowest BCUT2D eigenvalue weighted by molar-refractivity contribution is -0.192. The zero-order valence-corrected chi connectivity index (χ0v) is 24.4. The number of allylic oxidation sites excluding steroid dienone is 2. The van der Waals surface area contributed by atoms with Crippen LogP contribution < -0.4 is 0 Å². The number of urea groups is 1. The van der Waals surface area contributed by atoms with Gasteiger partial charge in [0.2, 0.25) is 11.8 Å². The monoisotopic (exact) mass is 586 g/mol. The normalized spacial score (nSPS) is 25.4. The molecule has 218 valence electrons. The van der Waals surface area contributed by atoms with Crippen molar-refractivity contribution in [1.29, 1.82) is 0 Å². The van der Waals surface area contributed by atoms with E-state index in [1.165, 1.54) is 4.90 Å². The van der Waals surface area contributed by atoms with Crippen molar-refractivity contribution in [1.82, 2.24) is 24.7 Å². The van der Waals surface area contributed by atoms with E-state index in [2.05, 4.69) is 11.1 Å². The van der Waals surface area contributed by atoms with E-state index in [0.29, 0.717) is 13.1 Å². The van der Waals surface area contributed by atoms with Gasteiger partial charge in [-0.1, -0.05) is 60.7 Å². The van der Waals surface area contributed by atoms with E-state index in [-0.39, 0.29) is 54.4 Å². The zero-order valence-electron chi connectivity index (χ0n) is 23.6. The van der Waals surface area contributed by atoms with Crippen molar-refractivity contribution < 1.29 is 19.5 Å². The number of hydrazine groups is 1. The van der Waals surface area contributed by atoms with Gasteiger partial charge in [-0.25, -0.2) is 14.8 Å². The molecule has 2 aromatic carbocycles. The van der Waals surface area contributed by atoms with Crippen LogP contribution in [0.1, 0.15) is 11.1 Å². The number of phenols is 1. The number of phenolic OH excluding ortho intramolecular Hbond substituents is 1. The maximum absolute atomic E-state index is 14.2. The molecule has 1 aliphatic carbocycles. The Hall–Kier alpha value is -4.09. The Labute approximate surface area is 249 Å². The molecule has 4 unspecified atom stereocenters. The number of piperazine rings is 1. The smallest absolute Gasteiger partial charge is 0.336 e. The molecule has 3 aliphatic heterocycles. The molecule has 0 aromatic heterocycles. The van der Waals surface area contributed by atoms with Crippen molar-refractivity contribution in [3.05, 3.63) is 89.5 Å². The number of hydrogen-bond donors (Lipinski definition) is 1. The summed E-state index contributed by atoms with van der Waals surface area (Å²) >= 11 is 1.66. The molecule has 0 spiro atoms. The number of hydrogen-bond acceptors (Lipinski definition) is 7. The number of aliphatic imine (C=N–C) groups is 1. The second-order valence-corrected chi connectivity index (χ2v) is 12.2. The van der Waals surface area contributed by atoms with Crippen molar-refractivity contribution in [3.63, 3.8) is 0 Å². The number of carbonyl (C=O) groups is 3. The summed E-state index contributed by atoms with van der Waals surface area (Å²) in [6.07, 6.45) is 5.73. The number of rotatable bonds is 6. The van der Waals surface area contributed by atoms with Gasteiger partial charge < -0.3 is 19.8 Å². The highest BCUT2D eigenvalue weighted by Gasteiger charge is 2.52. The lowest BCUT2D eigenvalue weighted by Gasteiger charge is -2.55. The number of fused-ring (bicyclic) bond motifs is 2. The van der Waals surface area contributed by atoms with Gasteiger partial charge in [0, 0.05) is 33.6 Å². The predicted octanol–water partition coefficient (Wildman–Crippen LogP) is 2.72. The van der Waals surface area contributed by atoms with E-state index in [9.17, 15) is 19.5 Å². The summed E-state index contributed by atoms with van der Waals surface area (Å²) in [6, 6.07) is 15.3. The Kier molecular flexibility index (Phi) is 7.78. The average Bonchev–Trinajstić information content (AvgIpc) is 3.47. The molecule has 0 bridgehead atoms. The Morgan fingerprint density at radius 3 is 2.55 bits per heavy atom. The molecular formula is C31H34N6O4S. The van der Waals surface area contributed by atoms with Crippen LogP contribution in [0.3, 0.4) is 0 Å². The topological polar surface area (TPSA) is 100 Å². The highest BCUT2D eigenvalue weighted by atomic mass is 32.2. The molecule has 10 nitrogen and oxygen atoms in total. The number of amides is 4. The Morgan fingerprint density at radius 2 is 1.81 bits per heavy atom. The molecule has 4 amide bonds. The Balaban J connectivity index is 1.37. The minimum atomic E-state index is -0.811. The molecule has 4 aliphatic rings. The van der Waals surface area contributed by atoms with Crippen molar-refractivity contribution in [2.24, 2.45) is 4.99 Å². The predicted molar refractivity (Wildman–Crippen MR) is 161 cm³/mol. The third-order valence-electron chi connectivity index (χ3n) is 8.10. The molecule has 6 rings (SSSR count). The molecule has 0 radical (unpaired) electrons. The quantitative estimate of drug-likeness (QED) is 0.559. The highest BCUT2D eigenvalue weighted by Crippen LogP contribution is 2.34. The second-order valence-electron chi connectivity index (χ2n) is 11.1. The fraction of sp³-hybridized carbons (Fsp3) is 0.355. The Bertz CT molecular complexity index is 1440. The van der Waals surface area contributed by atoms with Crippen LogP contribution in [0.5, 0.6) is 5.75 Å². The molecule has 3 heterocycles. The first-order valence-electron chi connectivity index (χ1n) is 14.0. The first-order valence-corrected chi connectivity index (χ1v) is 15.0. The largest absolute Gasteiger partial charge is 0.508 e. The van der Waals surface area contributed by atoms with E-state index >= 15 is 0 Å². The molecule has 0 saturated carbocycles. The summed E-state index contributed by atoms with van der Waals surface area (Å²) in [6.45, 7) is 0.876. The first-order chi connectivity index (χ1) is 20.3. The third kappa shape index (κ3) is 5.41. The van der Waals surface area contributed by atoms with Crippen LogP contribution >= 0.6 is 11.8 Å². The minimum Gasteiger partial charge on any atom is -0.508 e. The highest BCUT2D eigenvalue weighted by molar-refractivity contribution is 8.13. The fourth-order valence-corrected chi connectivity index (χ4v) is 6.97.